The van der Waals surface area contributed by atoms with Gasteiger partial charge in [0.2, 0.25) is 5.91 Å². The number of aryl methyl sites for hydroxylation is 2. The van der Waals surface area contributed by atoms with E-state index in [2.05, 4.69) is 15.5 Å². The van der Waals surface area contributed by atoms with Gasteiger partial charge in [-0.3, -0.25) is 9.36 Å². The van der Waals surface area contributed by atoms with Crippen molar-refractivity contribution in [3.05, 3.63) is 59.7 Å². The van der Waals surface area contributed by atoms with E-state index in [0.717, 1.165) is 28.2 Å². The molecule has 0 aliphatic heterocycles. The lowest BCUT2D eigenvalue weighted by molar-refractivity contribution is -0.113. The number of carbonyl (C=O) groups is 1. The number of hydrogen-bond donors (Lipinski definition) is 1. The van der Waals surface area contributed by atoms with Gasteiger partial charge in [0, 0.05) is 18.4 Å². The monoisotopic (exact) mass is 396 g/mol. The first-order valence-electron chi connectivity index (χ1n) is 9.06. The second-order valence-electron chi connectivity index (χ2n) is 6.42. The topological polar surface area (TPSA) is 69.0 Å². The van der Waals surface area contributed by atoms with Crippen LogP contribution in [0.4, 0.5) is 5.69 Å². The third kappa shape index (κ3) is 4.79. The van der Waals surface area contributed by atoms with Crippen molar-refractivity contribution in [3.8, 4) is 11.4 Å². The van der Waals surface area contributed by atoms with Crippen molar-refractivity contribution in [3.63, 3.8) is 0 Å². The molecular weight excluding hydrogens is 372 g/mol. The zero-order valence-electron chi connectivity index (χ0n) is 16.3. The number of ether oxygens (including phenoxy) is 1. The van der Waals surface area contributed by atoms with Gasteiger partial charge in [-0.15, -0.1) is 10.2 Å². The molecule has 1 aromatic heterocycles. The van der Waals surface area contributed by atoms with Gasteiger partial charge >= 0.3 is 0 Å². The van der Waals surface area contributed by atoms with E-state index in [9.17, 15) is 4.79 Å². The molecule has 146 valence electrons. The number of anilines is 1. The number of rotatable bonds is 8. The molecule has 0 atom stereocenters. The molecule has 2 aromatic carbocycles. The van der Waals surface area contributed by atoms with Crippen LogP contribution in [0.1, 0.15) is 11.1 Å². The number of nitrogens with one attached hydrogen (secondary N) is 1. The van der Waals surface area contributed by atoms with E-state index in [0.29, 0.717) is 18.3 Å². The summed E-state index contributed by atoms with van der Waals surface area (Å²) in [5.74, 6) is 0.966. The molecule has 0 saturated heterocycles. The molecule has 1 amide bonds. The number of amides is 1. The molecule has 6 nitrogen and oxygen atoms in total. The summed E-state index contributed by atoms with van der Waals surface area (Å²) in [6.07, 6.45) is 0. The molecule has 3 rings (SSSR count). The average molecular weight is 397 g/mol. The van der Waals surface area contributed by atoms with Gasteiger partial charge in [-0.1, -0.05) is 60.3 Å². The average Bonchev–Trinajstić information content (AvgIpc) is 3.11. The Morgan fingerprint density at radius 2 is 1.79 bits per heavy atom. The Morgan fingerprint density at radius 3 is 2.46 bits per heavy atom. The predicted molar refractivity (Wildman–Crippen MR) is 113 cm³/mol. The highest BCUT2D eigenvalue weighted by atomic mass is 32.2. The number of carbonyl (C=O) groups excluding carboxylic acids is 1. The predicted octanol–water partition coefficient (Wildman–Crippen LogP) is 3.94. The second kappa shape index (κ2) is 9.52. The first kappa shape index (κ1) is 20.1. The Labute approximate surface area is 169 Å². The SMILES string of the molecule is COCCn1c(SCC(=O)Nc2c(C)cccc2C)nnc1-c1ccccc1. The van der Waals surface area contributed by atoms with Crippen molar-refractivity contribution < 1.29 is 9.53 Å². The van der Waals surface area contributed by atoms with Crippen molar-refractivity contribution in [2.45, 2.75) is 25.5 Å². The number of hydrogen-bond acceptors (Lipinski definition) is 5. The summed E-state index contributed by atoms with van der Waals surface area (Å²) in [5.41, 5.74) is 3.96. The highest BCUT2D eigenvalue weighted by Gasteiger charge is 2.16. The van der Waals surface area contributed by atoms with Crippen LogP contribution < -0.4 is 5.32 Å². The summed E-state index contributed by atoms with van der Waals surface area (Å²) < 4.78 is 7.22. The molecule has 0 radical (unpaired) electrons. The van der Waals surface area contributed by atoms with Crippen LogP contribution >= 0.6 is 11.8 Å². The van der Waals surface area contributed by atoms with Crippen molar-refractivity contribution in [1.82, 2.24) is 14.8 Å². The summed E-state index contributed by atoms with van der Waals surface area (Å²) in [7, 11) is 1.66. The van der Waals surface area contributed by atoms with Crippen LogP contribution in [0.3, 0.4) is 0 Å². The standard InChI is InChI=1S/C21H24N4O2S/c1-15-8-7-9-16(2)19(15)22-18(26)14-28-21-24-23-20(25(21)12-13-27-3)17-10-5-4-6-11-17/h4-11H,12-14H2,1-3H3,(H,22,26). The molecule has 7 heteroatoms. The summed E-state index contributed by atoms with van der Waals surface area (Å²) in [4.78, 5) is 12.5. The van der Waals surface area contributed by atoms with Gasteiger partial charge in [0.05, 0.1) is 18.9 Å². The molecule has 0 saturated carbocycles. The molecule has 1 heterocycles. The fourth-order valence-electron chi connectivity index (χ4n) is 2.90. The van der Waals surface area contributed by atoms with Crippen LogP contribution in [0.2, 0.25) is 0 Å². The lowest BCUT2D eigenvalue weighted by Gasteiger charge is -2.12. The number of para-hydroxylation sites is 1. The van der Waals surface area contributed by atoms with E-state index >= 15 is 0 Å². The van der Waals surface area contributed by atoms with Crippen LogP contribution in [0, 0.1) is 13.8 Å². The van der Waals surface area contributed by atoms with E-state index in [1.165, 1.54) is 11.8 Å². The molecule has 0 fully saturated rings. The first-order valence-corrected chi connectivity index (χ1v) is 10.0. The van der Waals surface area contributed by atoms with Crippen molar-refractivity contribution >= 4 is 23.4 Å². The maximum absolute atomic E-state index is 12.5. The van der Waals surface area contributed by atoms with Gasteiger partial charge < -0.3 is 10.1 Å². The highest BCUT2D eigenvalue weighted by Crippen LogP contribution is 2.25. The third-order valence-electron chi connectivity index (χ3n) is 4.35. The number of benzene rings is 2. The zero-order valence-corrected chi connectivity index (χ0v) is 17.1. The fourth-order valence-corrected chi connectivity index (χ4v) is 3.66. The van der Waals surface area contributed by atoms with Crippen molar-refractivity contribution in [1.29, 1.82) is 0 Å². The van der Waals surface area contributed by atoms with Gasteiger partial charge in [0.15, 0.2) is 11.0 Å². The number of aromatic nitrogens is 3. The Kier molecular flexibility index (Phi) is 6.84. The molecule has 28 heavy (non-hydrogen) atoms. The van der Waals surface area contributed by atoms with Gasteiger partial charge in [-0.25, -0.2) is 0 Å². The lowest BCUT2D eigenvalue weighted by Crippen LogP contribution is -2.16. The van der Waals surface area contributed by atoms with Crippen LogP contribution in [-0.4, -0.2) is 40.1 Å². The molecular formula is C21H24N4O2S. The lowest BCUT2D eigenvalue weighted by atomic mass is 10.1. The maximum atomic E-state index is 12.5. The Morgan fingerprint density at radius 1 is 1.07 bits per heavy atom. The Hall–Kier alpha value is -2.64. The van der Waals surface area contributed by atoms with Crippen LogP contribution in [-0.2, 0) is 16.1 Å². The molecule has 0 aliphatic carbocycles. The first-order chi connectivity index (χ1) is 13.6. The minimum atomic E-state index is -0.0649. The van der Waals surface area contributed by atoms with E-state index < -0.39 is 0 Å². The molecule has 1 N–H and O–H groups in total. The minimum absolute atomic E-state index is 0.0649. The van der Waals surface area contributed by atoms with Crippen LogP contribution in [0.15, 0.2) is 53.7 Å². The van der Waals surface area contributed by atoms with Gasteiger partial charge in [0.1, 0.15) is 0 Å². The van der Waals surface area contributed by atoms with Crippen molar-refractivity contribution in [2.24, 2.45) is 0 Å². The van der Waals surface area contributed by atoms with E-state index in [4.69, 9.17) is 4.74 Å². The van der Waals surface area contributed by atoms with Gasteiger partial charge in [0.25, 0.3) is 0 Å². The number of thioether (sulfide) groups is 1. The Bertz CT molecular complexity index is 921. The van der Waals surface area contributed by atoms with Crippen LogP contribution in [0.5, 0.6) is 0 Å². The summed E-state index contributed by atoms with van der Waals surface area (Å²) in [5, 5.41) is 12.3. The second-order valence-corrected chi connectivity index (χ2v) is 7.36. The van der Waals surface area contributed by atoms with Gasteiger partial charge in [-0.05, 0) is 25.0 Å². The fraction of sp³-hybridized carbons (Fsp3) is 0.286. The highest BCUT2D eigenvalue weighted by molar-refractivity contribution is 7.99. The quantitative estimate of drug-likeness (QED) is 0.584. The number of methoxy groups -OCH3 is 1. The number of nitrogens with zero attached hydrogens (tertiary/aromatic N) is 3. The smallest absolute Gasteiger partial charge is 0.234 e. The molecule has 3 aromatic rings. The van der Waals surface area contributed by atoms with Crippen LogP contribution in [0.25, 0.3) is 11.4 Å². The molecule has 0 spiro atoms. The van der Waals surface area contributed by atoms with E-state index in [1.807, 2.05) is 66.9 Å². The maximum Gasteiger partial charge on any atom is 0.234 e. The minimum Gasteiger partial charge on any atom is -0.383 e. The largest absolute Gasteiger partial charge is 0.383 e. The summed E-state index contributed by atoms with van der Waals surface area (Å²) in [6.45, 7) is 5.14. The summed E-state index contributed by atoms with van der Waals surface area (Å²) >= 11 is 1.37. The molecule has 0 unspecified atom stereocenters. The summed E-state index contributed by atoms with van der Waals surface area (Å²) in [6, 6.07) is 15.9. The van der Waals surface area contributed by atoms with E-state index in [-0.39, 0.29) is 11.7 Å². The normalized spacial score (nSPS) is 10.8. The molecule has 0 bridgehead atoms. The van der Waals surface area contributed by atoms with Crippen molar-refractivity contribution in [2.75, 3.05) is 24.8 Å². The van der Waals surface area contributed by atoms with Gasteiger partial charge in [-0.2, -0.15) is 0 Å². The zero-order chi connectivity index (χ0) is 19.9. The Balaban J connectivity index is 1.73. The molecule has 0 aliphatic rings. The third-order valence-corrected chi connectivity index (χ3v) is 5.31. The van der Waals surface area contributed by atoms with E-state index in [1.54, 1.807) is 7.11 Å².